The van der Waals surface area contributed by atoms with E-state index in [1.807, 2.05) is 30.9 Å². The van der Waals surface area contributed by atoms with Crippen LogP contribution < -0.4 is 0 Å². The number of hydrogen-bond donors (Lipinski definition) is 0. The molecule has 5 nitrogen and oxygen atoms in total. The molecule has 0 saturated carbocycles. The monoisotopic (exact) mass is 330 g/mol. The Morgan fingerprint density at radius 3 is 2.33 bits per heavy atom. The van der Waals surface area contributed by atoms with Gasteiger partial charge in [-0.1, -0.05) is 17.2 Å². The van der Waals surface area contributed by atoms with E-state index >= 15 is 0 Å². The summed E-state index contributed by atoms with van der Waals surface area (Å²) < 4.78 is 5.33. The predicted molar refractivity (Wildman–Crippen MR) is 92.0 cm³/mol. The fraction of sp³-hybridized carbons (Fsp3) is 0.579. The molecule has 0 spiro atoms. The maximum atomic E-state index is 13.0. The summed E-state index contributed by atoms with van der Waals surface area (Å²) in [6.07, 6.45) is 2.72. The zero-order valence-electron chi connectivity index (χ0n) is 14.6. The van der Waals surface area contributed by atoms with E-state index in [0.717, 1.165) is 30.4 Å². The van der Waals surface area contributed by atoms with Crippen LogP contribution in [0.25, 0.3) is 0 Å². The summed E-state index contributed by atoms with van der Waals surface area (Å²) in [5, 5.41) is 0. The molecule has 0 N–H and O–H groups in total. The molecule has 1 aromatic rings. The molecule has 2 heterocycles. The Balaban J connectivity index is 1.80. The van der Waals surface area contributed by atoms with E-state index in [4.69, 9.17) is 4.74 Å². The van der Waals surface area contributed by atoms with E-state index in [9.17, 15) is 9.59 Å². The Morgan fingerprint density at radius 2 is 1.67 bits per heavy atom. The molecule has 130 valence electrons. The quantitative estimate of drug-likeness (QED) is 0.835. The van der Waals surface area contributed by atoms with Gasteiger partial charge < -0.3 is 14.5 Å². The molecule has 24 heavy (non-hydrogen) atoms. The number of benzene rings is 1. The third-order valence-electron chi connectivity index (χ3n) is 4.84. The van der Waals surface area contributed by atoms with Gasteiger partial charge in [0.25, 0.3) is 5.91 Å². The summed E-state index contributed by atoms with van der Waals surface area (Å²) >= 11 is 0. The fourth-order valence-electron chi connectivity index (χ4n) is 3.69. The van der Waals surface area contributed by atoms with Gasteiger partial charge in [-0.2, -0.15) is 0 Å². The van der Waals surface area contributed by atoms with Crippen molar-refractivity contribution in [1.29, 1.82) is 0 Å². The molecule has 2 aliphatic heterocycles. The average molecular weight is 330 g/mol. The third-order valence-corrected chi connectivity index (χ3v) is 4.84. The molecule has 0 unspecified atom stereocenters. The number of morpholine rings is 1. The molecular formula is C19H26N2O3. The molecule has 5 heteroatoms. The van der Waals surface area contributed by atoms with Crippen molar-refractivity contribution in [1.82, 2.24) is 9.80 Å². The Kier molecular flexibility index (Phi) is 5.19. The van der Waals surface area contributed by atoms with Gasteiger partial charge in [0.2, 0.25) is 5.91 Å². The van der Waals surface area contributed by atoms with Crippen molar-refractivity contribution < 1.29 is 14.3 Å². The van der Waals surface area contributed by atoms with Crippen LogP contribution in [0.3, 0.4) is 0 Å². The molecule has 0 aromatic heterocycles. The largest absolute Gasteiger partial charge is 0.378 e. The van der Waals surface area contributed by atoms with Crippen molar-refractivity contribution in [2.45, 2.75) is 39.2 Å². The Bertz CT molecular complexity index is 603. The highest BCUT2D eigenvalue weighted by atomic mass is 16.5. The van der Waals surface area contributed by atoms with E-state index in [1.165, 1.54) is 0 Å². The van der Waals surface area contributed by atoms with Gasteiger partial charge in [0.15, 0.2) is 0 Å². The van der Waals surface area contributed by atoms with Gasteiger partial charge in [0.1, 0.15) is 6.04 Å². The third kappa shape index (κ3) is 3.61. The normalized spacial score (nSPS) is 21.7. The van der Waals surface area contributed by atoms with E-state index < -0.39 is 0 Å². The van der Waals surface area contributed by atoms with Crippen LogP contribution in [0.2, 0.25) is 0 Å². The number of carbonyl (C=O) groups is 2. The van der Waals surface area contributed by atoms with Crippen molar-refractivity contribution in [3.05, 3.63) is 34.9 Å². The van der Waals surface area contributed by atoms with E-state index in [0.29, 0.717) is 38.4 Å². The standard InChI is InChI=1S/C19H26N2O3/c1-14-11-15(2)13-16(12-14)18(22)21-6-4-3-5-17(21)19(23)20-7-9-24-10-8-20/h11-13,17H,3-10H2,1-2H3/t17-/m1/s1. The lowest BCUT2D eigenvalue weighted by molar-refractivity contribution is -0.141. The number of carbonyl (C=O) groups excluding carboxylic acids is 2. The molecule has 0 radical (unpaired) electrons. The molecule has 1 aromatic carbocycles. The number of amides is 2. The number of aryl methyl sites for hydroxylation is 2. The number of piperidine rings is 1. The van der Waals surface area contributed by atoms with Crippen molar-refractivity contribution in [2.24, 2.45) is 0 Å². The first-order valence-electron chi connectivity index (χ1n) is 8.82. The number of hydrogen-bond acceptors (Lipinski definition) is 3. The summed E-state index contributed by atoms with van der Waals surface area (Å²) in [4.78, 5) is 29.6. The SMILES string of the molecule is Cc1cc(C)cc(C(=O)N2CCCC[C@@H]2C(=O)N2CCOCC2)c1. The predicted octanol–water partition coefficient (Wildman–Crippen LogP) is 2.16. The van der Waals surface area contributed by atoms with Crippen LogP contribution in [-0.4, -0.2) is 60.5 Å². The second kappa shape index (κ2) is 7.34. The average Bonchev–Trinajstić information content (AvgIpc) is 2.60. The topological polar surface area (TPSA) is 49.9 Å². The van der Waals surface area contributed by atoms with Gasteiger partial charge in [0, 0.05) is 25.2 Å². The maximum Gasteiger partial charge on any atom is 0.254 e. The van der Waals surface area contributed by atoms with Crippen LogP contribution in [0.15, 0.2) is 18.2 Å². The van der Waals surface area contributed by atoms with Gasteiger partial charge in [-0.3, -0.25) is 9.59 Å². The summed E-state index contributed by atoms with van der Waals surface area (Å²) in [6, 6.07) is 5.56. The van der Waals surface area contributed by atoms with E-state index in [2.05, 4.69) is 6.07 Å². The van der Waals surface area contributed by atoms with Crippen LogP contribution in [0.1, 0.15) is 40.7 Å². The second-order valence-electron chi connectivity index (χ2n) is 6.82. The summed E-state index contributed by atoms with van der Waals surface area (Å²) in [7, 11) is 0. The highest BCUT2D eigenvalue weighted by molar-refractivity contribution is 5.98. The van der Waals surface area contributed by atoms with Crippen molar-refractivity contribution in [2.75, 3.05) is 32.8 Å². The zero-order valence-corrected chi connectivity index (χ0v) is 14.6. The molecular weight excluding hydrogens is 304 g/mol. The van der Waals surface area contributed by atoms with Gasteiger partial charge >= 0.3 is 0 Å². The number of ether oxygens (including phenoxy) is 1. The molecule has 1 atom stereocenters. The van der Waals surface area contributed by atoms with Crippen molar-refractivity contribution >= 4 is 11.8 Å². The lowest BCUT2D eigenvalue weighted by atomic mass is 9.98. The molecule has 0 aliphatic carbocycles. The Hall–Kier alpha value is -1.88. The van der Waals surface area contributed by atoms with Gasteiger partial charge in [0.05, 0.1) is 13.2 Å². The highest BCUT2D eigenvalue weighted by Gasteiger charge is 2.35. The minimum absolute atomic E-state index is 0.0203. The fourth-order valence-corrected chi connectivity index (χ4v) is 3.69. The van der Waals surface area contributed by atoms with Crippen LogP contribution in [0.4, 0.5) is 0 Å². The number of rotatable bonds is 2. The molecule has 2 amide bonds. The van der Waals surface area contributed by atoms with Crippen molar-refractivity contribution in [3.8, 4) is 0 Å². The van der Waals surface area contributed by atoms with Crippen LogP contribution in [0.5, 0.6) is 0 Å². The van der Waals surface area contributed by atoms with E-state index in [-0.39, 0.29) is 17.9 Å². The number of likely N-dealkylation sites (tertiary alicyclic amines) is 1. The smallest absolute Gasteiger partial charge is 0.254 e. The summed E-state index contributed by atoms with van der Waals surface area (Å²) in [5.41, 5.74) is 2.84. The minimum atomic E-state index is -0.329. The summed E-state index contributed by atoms with van der Waals surface area (Å²) in [5.74, 6) is 0.0591. The Labute approximate surface area is 143 Å². The van der Waals surface area contributed by atoms with Gasteiger partial charge in [-0.15, -0.1) is 0 Å². The molecule has 3 rings (SSSR count). The first kappa shape index (κ1) is 17.0. The van der Waals surface area contributed by atoms with Crippen LogP contribution in [-0.2, 0) is 9.53 Å². The molecule has 0 bridgehead atoms. The maximum absolute atomic E-state index is 13.0. The van der Waals surface area contributed by atoms with Gasteiger partial charge in [-0.25, -0.2) is 0 Å². The first-order chi connectivity index (χ1) is 11.6. The highest BCUT2D eigenvalue weighted by Crippen LogP contribution is 2.23. The zero-order chi connectivity index (χ0) is 17.1. The van der Waals surface area contributed by atoms with Crippen LogP contribution in [0, 0.1) is 13.8 Å². The lowest BCUT2D eigenvalue weighted by Gasteiger charge is -2.38. The number of nitrogens with zero attached hydrogens (tertiary/aromatic N) is 2. The Morgan fingerprint density at radius 1 is 1.00 bits per heavy atom. The second-order valence-corrected chi connectivity index (χ2v) is 6.82. The molecule has 2 fully saturated rings. The minimum Gasteiger partial charge on any atom is -0.378 e. The molecule has 2 aliphatic rings. The van der Waals surface area contributed by atoms with Crippen LogP contribution >= 0.6 is 0 Å². The first-order valence-corrected chi connectivity index (χ1v) is 8.82. The lowest BCUT2D eigenvalue weighted by Crippen LogP contribution is -2.55. The summed E-state index contributed by atoms with van der Waals surface area (Å²) in [6.45, 7) is 7.08. The molecule has 2 saturated heterocycles. The van der Waals surface area contributed by atoms with E-state index in [1.54, 1.807) is 4.90 Å². The van der Waals surface area contributed by atoms with Gasteiger partial charge in [-0.05, 0) is 45.2 Å². The van der Waals surface area contributed by atoms with Crippen molar-refractivity contribution in [3.63, 3.8) is 0 Å².